The van der Waals surface area contributed by atoms with Crippen LogP contribution in [-0.4, -0.2) is 40.8 Å². The topological polar surface area (TPSA) is 93.1 Å². The third-order valence-corrected chi connectivity index (χ3v) is 8.24. The summed E-state index contributed by atoms with van der Waals surface area (Å²) in [6, 6.07) is 3.99. The van der Waals surface area contributed by atoms with E-state index in [2.05, 4.69) is 40.7 Å². The molecular weight excluding hydrogens is 444 g/mol. The van der Waals surface area contributed by atoms with Crippen LogP contribution in [0, 0.1) is 11.3 Å². The van der Waals surface area contributed by atoms with Gasteiger partial charge >= 0.3 is 5.97 Å². The lowest BCUT2D eigenvalue weighted by atomic mass is 9.66. The van der Waals surface area contributed by atoms with Crippen LogP contribution >= 0.6 is 0 Å². The molecule has 2 atom stereocenters. The lowest BCUT2D eigenvalue weighted by Crippen LogP contribution is -2.47. The molecule has 0 aromatic heterocycles. The van der Waals surface area contributed by atoms with Crippen molar-refractivity contribution in [2.45, 2.75) is 110 Å². The van der Waals surface area contributed by atoms with Crippen molar-refractivity contribution in [3.8, 4) is 11.5 Å². The van der Waals surface area contributed by atoms with E-state index in [9.17, 15) is 19.8 Å². The number of ether oxygens (including phenoxy) is 2. The van der Waals surface area contributed by atoms with Crippen LogP contribution in [0.3, 0.4) is 0 Å². The van der Waals surface area contributed by atoms with Gasteiger partial charge < -0.3 is 19.7 Å². The van der Waals surface area contributed by atoms with Crippen molar-refractivity contribution in [1.29, 1.82) is 0 Å². The Hall–Kier alpha value is -1.92. The number of esters is 1. The van der Waals surface area contributed by atoms with Gasteiger partial charge in [-0.05, 0) is 56.7 Å². The molecule has 6 nitrogen and oxygen atoms in total. The first-order valence-electron chi connectivity index (χ1n) is 13.2. The predicted octanol–water partition coefficient (Wildman–Crippen LogP) is 5.45. The predicted molar refractivity (Wildman–Crippen MR) is 136 cm³/mol. The third-order valence-electron chi connectivity index (χ3n) is 8.24. The van der Waals surface area contributed by atoms with Gasteiger partial charge in [0.25, 0.3) is 0 Å². The molecule has 3 rings (SSSR count). The Kier molecular flexibility index (Phi) is 8.37. The number of hydrogen-bond donors (Lipinski definition) is 2. The molecule has 1 heterocycles. The Morgan fingerprint density at radius 2 is 1.83 bits per heavy atom. The highest BCUT2D eigenvalue weighted by atomic mass is 16.5. The maximum absolute atomic E-state index is 13.1. The van der Waals surface area contributed by atoms with Crippen molar-refractivity contribution in [2.24, 2.45) is 11.3 Å². The van der Waals surface area contributed by atoms with Crippen LogP contribution in [0.2, 0.25) is 0 Å². The van der Waals surface area contributed by atoms with Crippen LogP contribution in [0.4, 0.5) is 0 Å². The zero-order valence-corrected chi connectivity index (χ0v) is 22.4. The molecule has 6 heteroatoms. The van der Waals surface area contributed by atoms with Gasteiger partial charge in [0.2, 0.25) is 0 Å². The number of carbonyl (C=O) groups excluding carboxylic acids is 2. The lowest BCUT2D eigenvalue weighted by molar-refractivity contribution is -0.150. The zero-order valence-electron chi connectivity index (χ0n) is 22.4. The molecule has 2 N–H and O–H groups in total. The molecule has 0 bridgehead atoms. The number of aliphatic hydroxyl groups is 2. The van der Waals surface area contributed by atoms with Crippen LogP contribution < -0.4 is 9.47 Å². The normalized spacial score (nSPS) is 21.7. The number of rotatable bonds is 10. The monoisotopic (exact) mass is 488 g/mol. The van der Waals surface area contributed by atoms with Crippen molar-refractivity contribution >= 4 is 11.8 Å². The fourth-order valence-corrected chi connectivity index (χ4v) is 5.57. The Morgan fingerprint density at radius 1 is 1.14 bits per heavy atom. The largest absolute Gasteiger partial charge is 0.487 e. The number of carbonyl (C=O) groups is 2. The average Bonchev–Trinajstić information content (AvgIpc) is 2.80. The minimum Gasteiger partial charge on any atom is -0.487 e. The molecule has 1 fully saturated rings. The van der Waals surface area contributed by atoms with E-state index in [1.165, 1.54) is 26.2 Å². The maximum atomic E-state index is 13.1. The van der Waals surface area contributed by atoms with Crippen molar-refractivity contribution in [1.82, 2.24) is 0 Å². The van der Waals surface area contributed by atoms with E-state index >= 15 is 0 Å². The van der Waals surface area contributed by atoms with Crippen molar-refractivity contribution < 1.29 is 29.3 Å². The van der Waals surface area contributed by atoms with Crippen LogP contribution in [0.1, 0.15) is 110 Å². The summed E-state index contributed by atoms with van der Waals surface area (Å²) in [5, 5.41) is 19.5. The molecule has 1 aliphatic carbocycles. The van der Waals surface area contributed by atoms with Gasteiger partial charge in [-0.3, -0.25) is 9.59 Å². The number of ketones is 1. The molecule has 0 amide bonds. The minimum absolute atomic E-state index is 0.103. The number of benzene rings is 1. The van der Waals surface area contributed by atoms with Gasteiger partial charge in [0.15, 0.2) is 0 Å². The highest BCUT2D eigenvalue weighted by Crippen LogP contribution is 2.55. The van der Waals surface area contributed by atoms with E-state index in [4.69, 9.17) is 9.47 Å². The quantitative estimate of drug-likeness (QED) is 0.258. The van der Waals surface area contributed by atoms with Gasteiger partial charge in [-0.25, -0.2) is 0 Å². The van der Waals surface area contributed by atoms with Crippen LogP contribution in [0.15, 0.2) is 12.1 Å². The molecule has 1 aliphatic heterocycles. The number of fused-ring (bicyclic) bond motifs is 3. The van der Waals surface area contributed by atoms with E-state index in [0.717, 1.165) is 30.4 Å². The van der Waals surface area contributed by atoms with Crippen LogP contribution in [0.25, 0.3) is 0 Å². The number of unbranched alkanes of at least 4 members (excludes halogenated alkanes) is 3. The van der Waals surface area contributed by atoms with Gasteiger partial charge in [-0.15, -0.1) is 0 Å². The summed E-state index contributed by atoms with van der Waals surface area (Å²) in [6.45, 7) is 11.2. The minimum atomic E-state index is -1.42. The number of aliphatic hydroxyl groups excluding tert-OH is 2. The lowest BCUT2D eigenvalue weighted by Gasteiger charge is -2.47. The molecular formula is C29H44O6. The van der Waals surface area contributed by atoms with Crippen LogP contribution in [-0.2, 0) is 15.0 Å². The maximum Gasteiger partial charge on any atom is 0.321 e. The Bertz CT molecular complexity index is 927. The second kappa shape index (κ2) is 10.6. The summed E-state index contributed by atoms with van der Waals surface area (Å²) >= 11 is 0. The van der Waals surface area contributed by atoms with E-state index in [-0.39, 0.29) is 23.0 Å². The first-order valence-corrected chi connectivity index (χ1v) is 13.2. The Balaban J connectivity index is 2.09. The first-order chi connectivity index (χ1) is 16.4. The zero-order chi connectivity index (χ0) is 26.0. The van der Waals surface area contributed by atoms with Crippen molar-refractivity contribution in [2.75, 3.05) is 13.2 Å². The average molecular weight is 489 g/mol. The molecule has 35 heavy (non-hydrogen) atoms. The van der Waals surface area contributed by atoms with E-state index in [1.54, 1.807) is 0 Å². The summed E-state index contributed by atoms with van der Waals surface area (Å²) in [4.78, 5) is 25.6. The smallest absolute Gasteiger partial charge is 0.321 e. The molecule has 0 saturated heterocycles. The number of hydrogen-bond acceptors (Lipinski definition) is 6. The molecule has 2 unspecified atom stereocenters. The Labute approximate surface area is 210 Å². The van der Waals surface area contributed by atoms with Gasteiger partial charge in [0.05, 0.1) is 13.2 Å². The highest BCUT2D eigenvalue weighted by Gasteiger charge is 2.48. The van der Waals surface area contributed by atoms with Crippen LogP contribution in [0.5, 0.6) is 11.5 Å². The molecule has 1 aromatic rings. The molecule has 196 valence electrons. The summed E-state index contributed by atoms with van der Waals surface area (Å²) < 4.78 is 12.5. The summed E-state index contributed by atoms with van der Waals surface area (Å²) in [7, 11) is 0. The second-order valence-corrected chi connectivity index (χ2v) is 12.0. The van der Waals surface area contributed by atoms with E-state index in [1.807, 2.05) is 6.07 Å². The summed E-state index contributed by atoms with van der Waals surface area (Å²) in [5.41, 5.74) is -0.266. The summed E-state index contributed by atoms with van der Waals surface area (Å²) in [6.07, 6.45) is 7.31. The summed E-state index contributed by atoms with van der Waals surface area (Å²) in [5.74, 6) is 0.600. The van der Waals surface area contributed by atoms with Crippen molar-refractivity contribution in [3.63, 3.8) is 0 Å². The second-order valence-electron chi connectivity index (χ2n) is 12.0. The van der Waals surface area contributed by atoms with Gasteiger partial charge in [-0.2, -0.15) is 0 Å². The molecule has 1 saturated carbocycles. The molecule has 0 radical (unpaired) electrons. The molecule has 1 aromatic carbocycles. The van der Waals surface area contributed by atoms with E-state index in [0.29, 0.717) is 24.3 Å². The van der Waals surface area contributed by atoms with E-state index < -0.39 is 30.2 Å². The fourth-order valence-electron chi connectivity index (χ4n) is 5.57. The third kappa shape index (κ3) is 5.75. The van der Waals surface area contributed by atoms with Gasteiger partial charge in [0, 0.05) is 30.2 Å². The molecule has 0 spiro atoms. The SMILES string of the molecule is CCCCCCC(C)(C)c1cc(OC(=O)C(C)(CO)CO)c2c(c1)OC(C)(C)C1CCC(=O)CC21. The van der Waals surface area contributed by atoms with Gasteiger partial charge in [0.1, 0.15) is 28.3 Å². The fraction of sp³-hybridized carbons (Fsp3) is 0.724. The van der Waals surface area contributed by atoms with Crippen molar-refractivity contribution in [3.05, 3.63) is 23.3 Å². The molecule has 2 aliphatic rings. The Morgan fingerprint density at radius 3 is 2.46 bits per heavy atom. The highest BCUT2D eigenvalue weighted by molar-refractivity contribution is 5.82. The van der Waals surface area contributed by atoms with Gasteiger partial charge in [-0.1, -0.05) is 46.5 Å². The number of Topliss-reactive ketones (excluding diaryl/α,β-unsaturated/α-hetero) is 1. The standard InChI is InChI=1S/C29H44O6/c1-7-8-9-10-13-27(2,3)19-14-23(34-26(33)29(6,17-30)18-31)25-21-16-20(32)11-12-22(21)28(4,5)35-24(25)15-19/h14-15,21-22,30-31H,7-13,16-18H2,1-6H3. The first kappa shape index (κ1) is 27.7.